The lowest BCUT2D eigenvalue weighted by Gasteiger charge is -2.37. The van der Waals surface area contributed by atoms with E-state index in [1.807, 2.05) is 12.1 Å². The van der Waals surface area contributed by atoms with Crippen molar-refractivity contribution in [1.82, 2.24) is 4.90 Å². The Morgan fingerprint density at radius 1 is 1.18 bits per heavy atom. The monoisotopic (exact) mass is 313 g/mol. The van der Waals surface area contributed by atoms with Gasteiger partial charge in [0, 0.05) is 28.5 Å². The van der Waals surface area contributed by atoms with E-state index in [1.165, 1.54) is 31.2 Å². The summed E-state index contributed by atoms with van der Waals surface area (Å²) in [5.41, 5.74) is 1.28. The summed E-state index contributed by atoms with van der Waals surface area (Å²) in [6.45, 7) is 1.02. The maximum atomic E-state index is 6.25. The molecule has 0 spiro atoms. The molecule has 0 radical (unpaired) electrons. The average Bonchev–Trinajstić information content (AvgIpc) is 2.56. The van der Waals surface area contributed by atoms with Gasteiger partial charge in [-0.05, 0) is 37.3 Å². The number of benzene rings is 1. The van der Waals surface area contributed by atoms with Gasteiger partial charge in [0.05, 0.1) is 0 Å². The molecule has 2 aliphatic rings. The van der Waals surface area contributed by atoms with E-state index < -0.39 is 0 Å². The van der Waals surface area contributed by atoms with E-state index in [0.717, 1.165) is 28.5 Å². The van der Waals surface area contributed by atoms with Crippen LogP contribution in [0.15, 0.2) is 24.3 Å². The Morgan fingerprint density at radius 2 is 1.82 bits per heavy atom. The van der Waals surface area contributed by atoms with Crippen LogP contribution in [0.3, 0.4) is 0 Å². The maximum absolute atomic E-state index is 6.25. The van der Waals surface area contributed by atoms with Gasteiger partial charge in [-0.15, -0.1) is 0 Å². The molecule has 3 rings (SSSR count). The lowest BCUT2D eigenvalue weighted by Crippen LogP contribution is -2.42. The highest BCUT2D eigenvalue weighted by molar-refractivity contribution is 9.09. The topological polar surface area (TPSA) is 3.24 Å². The Hall–Kier alpha value is -0.0500. The number of rotatable bonds is 2. The summed E-state index contributed by atoms with van der Waals surface area (Å²) >= 11 is 10.0. The van der Waals surface area contributed by atoms with E-state index >= 15 is 0 Å². The number of hydrogen-bond donors (Lipinski definition) is 0. The van der Waals surface area contributed by atoms with E-state index in [1.54, 1.807) is 0 Å². The van der Waals surface area contributed by atoms with Crippen LogP contribution >= 0.6 is 27.5 Å². The zero-order valence-corrected chi connectivity index (χ0v) is 12.1. The van der Waals surface area contributed by atoms with Gasteiger partial charge < -0.3 is 0 Å². The van der Waals surface area contributed by atoms with Crippen molar-refractivity contribution in [1.29, 1.82) is 0 Å². The minimum atomic E-state index is 0.725. The Bertz CT molecular complexity index is 395. The number of fused-ring (bicyclic) bond motifs is 2. The Labute approximate surface area is 116 Å². The maximum Gasteiger partial charge on any atom is 0.0451 e. The second kappa shape index (κ2) is 4.91. The van der Waals surface area contributed by atoms with Crippen LogP contribution in [-0.4, -0.2) is 21.8 Å². The molecule has 2 saturated heterocycles. The number of hydrogen-bond acceptors (Lipinski definition) is 1. The van der Waals surface area contributed by atoms with E-state index in [2.05, 4.69) is 33.0 Å². The third-order valence-electron chi connectivity index (χ3n) is 4.14. The Morgan fingerprint density at radius 3 is 2.47 bits per heavy atom. The van der Waals surface area contributed by atoms with Crippen LogP contribution in [0.1, 0.15) is 31.2 Å². The fraction of sp³-hybridized carbons (Fsp3) is 0.571. The normalized spacial score (nSPS) is 32.9. The highest BCUT2D eigenvalue weighted by atomic mass is 79.9. The molecular weight excluding hydrogens is 298 g/mol. The summed E-state index contributed by atoms with van der Waals surface area (Å²) in [6, 6.07) is 9.76. The second-order valence-electron chi connectivity index (χ2n) is 5.22. The molecule has 3 heteroatoms. The quantitative estimate of drug-likeness (QED) is 0.738. The first-order valence-electron chi connectivity index (χ1n) is 6.37. The molecular formula is C14H17BrClN. The molecule has 92 valence electrons. The molecule has 0 aliphatic carbocycles. The molecule has 1 nitrogen and oxygen atoms in total. The summed E-state index contributed by atoms with van der Waals surface area (Å²) < 4.78 is 0. The number of halogens is 2. The molecule has 1 aromatic carbocycles. The third kappa shape index (κ3) is 2.40. The molecule has 1 aromatic rings. The van der Waals surface area contributed by atoms with E-state index in [0.29, 0.717) is 0 Å². The van der Waals surface area contributed by atoms with Crippen molar-refractivity contribution in [2.75, 3.05) is 0 Å². The lowest BCUT2D eigenvalue weighted by molar-refractivity contribution is 0.137. The summed E-state index contributed by atoms with van der Waals surface area (Å²) in [7, 11) is 0. The van der Waals surface area contributed by atoms with Crippen LogP contribution in [-0.2, 0) is 6.54 Å². The molecule has 2 unspecified atom stereocenters. The molecule has 2 aliphatic heterocycles. The molecule has 17 heavy (non-hydrogen) atoms. The first kappa shape index (κ1) is 12.0. The van der Waals surface area contributed by atoms with Crippen molar-refractivity contribution in [2.45, 2.75) is 49.1 Å². The molecule has 2 heterocycles. The summed E-state index contributed by atoms with van der Waals surface area (Å²) in [5.74, 6) is 0. The highest BCUT2D eigenvalue weighted by Gasteiger charge is 2.39. The van der Waals surface area contributed by atoms with Crippen LogP contribution in [0.25, 0.3) is 0 Å². The predicted molar refractivity (Wildman–Crippen MR) is 75.8 cm³/mol. The lowest BCUT2D eigenvalue weighted by atomic mass is 10.0. The molecule has 2 atom stereocenters. The molecule has 0 N–H and O–H groups in total. The largest absolute Gasteiger partial charge is 0.293 e. The smallest absolute Gasteiger partial charge is 0.0451 e. The summed E-state index contributed by atoms with van der Waals surface area (Å²) in [6.07, 6.45) is 5.30. The summed E-state index contributed by atoms with van der Waals surface area (Å²) in [5, 5.41) is 0.910. The molecule has 2 bridgehead atoms. The number of piperidine rings is 1. The van der Waals surface area contributed by atoms with Gasteiger partial charge in [-0.2, -0.15) is 0 Å². The van der Waals surface area contributed by atoms with Crippen LogP contribution in [0.4, 0.5) is 0 Å². The van der Waals surface area contributed by atoms with Gasteiger partial charge in [-0.1, -0.05) is 45.7 Å². The van der Waals surface area contributed by atoms with Crippen LogP contribution in [0.5, 0.6) is 0 Å². The standard InChI is InChI=1S/C14H17BrClN/c15-11-7-12-5-6-13(8-11)17(12)9-10-3-1-2-4-14(10)16/h1-4,11-13H,5-9H2. The van der Waals surface area contributed by atoms with Gasteiger partial charge >= 0.3 is 0 Å². The summed E-state index contributed by atoms with van der Waals surface area (Å²) in [4.78, 5) is 3.39. The zero-order chi connectivity index (χ0) is 11.8. The fourth-order valence-corrected chi connectivity index (χ4v) is 4.35. The van der Waals surface area contributed by atoms with E-state index in [4.69, 9.17) is 11.6 Å². The van der Waals surface area contributed by atoms with Crippen molar-refractivity contribution < 1.29 is 0 Å². The van der Waals surface area contributed by atoms with Gasteiger partial charge in [-0.25, -0.2) is 0 Å². The fourth-order valence-electron chi connectivity index (χ4n) is 3.29. The van der Waals surface area contributed by atoms with Crippen LogP contribution in [0, 0.1) is 0 Å². The van der Waals surface area contributed by atoms with Gasteiger partial charge in [0.1, 0.15) is 0 Å². The van der Waals surface area contributed by atoms with Crippen molar-refractivity contribution in [3.8, 4) is 0 Å². The molecule has 0 aromatic heterocycles. The zero-order valence-electron chi connectivity index (χ0n) is 9.78. The second-order valence-corrected chi connectivity index (χ2v) is 6.92. The van der Waals surface area contributed by atoms with E-state index in [9.17, 15) is 0 Å². The minimum absolute atomic E-state index is 0.725. The van der Waals surface area contributed by atoms with Gasteiger partial charge in [0.2, 0.25) is 0 Å². The number of alkyl halides is 1. The first-order valence-corrected chi connectivity index (χ1v) is 7.66. The van der Waals surface area contributed by atoms with Crippen molar-refractivity contribution in [3.63, 3.8) is 0 Å². The SMILES string of the molecule is Clc1ccccc1CN1C2CCC1CC(Br)C2. The van der Waals surface area contributed by atoms with Crippen LogP contribution < -0.4 is 0 Å². The van der Waals surface area contributed by atoms with Crippen molar-refractivity contribution in [3.05, 3.63) is 34.9 Å². The minimum Gasteiger partial charge on any atom is -0.293 e. The Kier molecular flexibility index (Phi) is 3.47. The van der Waals surface area contributed by atoms with Crippen molar-refractivity contribution >= 4 is 27.5 Å². The van der Waals surface area contributed by atoms with Gasteiger partial charge in [-0.3, -0.25) is 4.90 Å². The highest BCUT2D eigenvalue weighted by Crippen LogP contribution is 2.39. The first-order chi connectivity index (χ1) is 8.24. The molecule has 0 amide bonds. The van der Waals surface area contributed by atoms with Gasteiger partial charge in [0.25, 0.3) is 0 Å². The van der Waals surface area contributed by atoms with Crippen LogP contribution in [0.2, 0.25) is 5.02 Å². The predicted octanol–water partition coefficient (Wildman–Crippen LogP) is 4.23. The van der Waals surface area contributed by atoms with Gasteiger partial charge in [0.15, 0.2) is 0 Å². The number of nitrogens with zero attached hydrogens (tertiary/aromatic N) is 1. The molecule has 0 saturated carbocycles. The Balaban J connectivity index is 1.76. The van der Waals surface area contributed by atoms with E-state index in [-0.39, 0.29) is 0 Å². The average molecular weight is 315 g/mol. The molecule has 2 fully saturated rings. The van der Waals surface area contributed by atoms with Crippen molar-refractivity contribution in [2.24, 2.45) is 0 Å². The third-order valence-corrected chi connectivity index (χ3v) is 5.25.